The molecule has 2 heterocycles. The summed E-state index contributed by atoms with van der Waals surface area (Å²) in [5, 5.41) is 11.3. The molecule has 26 heavy (non-hydrogen) atoms. The first kappa shape index (κ1) is 15.9. The Morgan fingerprint density at radius 3 is 2.81 bits per heavy atom. The predicted octanol–water partition coefficient (Wildman–Crippen LogP) is 3.67. The third-order valence-corrected chi connectivity index (χ3v) is 3.91. The molecule has 2 aromatic heterocycles. The maximum Gasteiger partial charge on any atom is 0.322 e. The van der Waals surface area contributed by atoms with Crippen LogP contribution in [0.1, 0.15) is 5.56 Å². The van der Waals surface area contributed by atoms with Crippen LogP contribution < -0.4 is 10.1 Å². The van der Waals surface area contributed by atoms with Crippen molar-refractivity contribution >= 4 is 22.9 Å². The number of furan rings is 1. The van der Waals surface area contributed by atoms with Gasteiger partial charge >= 0.3 is 6.01 Å². The average Bonchev–Trinajstić information content (AvgIpc) is 3.29. The third kappa shape index (κ3) is 3.14. The highest BCUT2D eigenvalue weighted by atomic mass is 16.5. The second-order valence-electron chi connectivity index (χ2n) is 5.63. The number of rotatable bonds is 5. The maximum absolute atomic E-state index is 12.3. The first-order valence-electron chi connectivity index (χ1n) is 7.96. The molecule has 0 radical (unpaired) electrons. The molecule has 0 saturated heterocycles. The summed E-state index contributed by atoms with van der Waals surface area (Å²) in [5.41, 5.74) is 2.22. The number of aromatic nitrogens is 2. The van der Waals surface area contributed by atoms with Gasteiger partial charge in [-0.2, -0.15) is 0 Å². The minimum Gasteiger partial charge on any atom is -0.497 e. The zero-order valence-electron chi connectivity index (χ0n) is 13.9. The van der Waals surface area contributed by atoms with Gasteiger partial charge in [0.1, 0.15) is 11.3 Å². The molecule has 7 heteroatoms. The molecule has 0 aliphatic heterocycles. The van der Waals surface area contributed by atoms with Gasteiger partial charge in [-0.3, -0.25) is 10.1 Å². The fourth-order valence-corrected chi connectivity index (χ4v) is 2.63. The lowest BCUT2D eigenvalue weighted by molar-refractivity contribution is -0.115. The van der Waals surface area contributed by atoms with Crippen LogP contribution in [0.4, 0.5) is 6.01 Å². The minimum atomic E-state index is -0.272. The molecule has 0 fully saturated rings. The highest BCUT2D eigenvalue weighted by Gasteiger charge is 2.14. The third-order valence-electron chi connectivity index (χ3n) is 3.91. The zero-order chi connectivity index (χ0) is 17.9. The monoisotopic (exact) mass is 349 g/mol. The van der Waals surface area contributed by atoms with Crippen molar-refractivity contribution in [1.82, 2.24) is 10.2 Å². The fraction of sp³-hybridized carbons (Fsp3) is 0.105. The van der Waals surface area contributed by atoms with Gasteiger partial charge in [0.25, 0.3) is 0 Å². The first-order chi connectivity index (χ1) is 12.7. The highest BCUT2D eigenvalue weighted by molar-refractivity contribution is 5.94. The number of hydrogen-bond donors (Lipinski definition) is 1. The van der Waals surface area contributed by atoms with Crippen molar-refractivity contribution < 1.29 is 18.4 Å². The van der Waals surface area contributed by atoms with Gasteiger partial charge in [-0.05, 0) is 24.3 Å². The Hall–Kier alpha value is -3.61. The van der Waals surface area contributed by atoms with Crippen molar-refractivity contribution in [3.63, 3.8) is 0 Å². The minimum absolute atomic E-state index is 0.0586. The van der Waals surface area contributed by atoms with Gasteiger partial charge in [0, 0.05) is 22.6 Å². The Morgan fingerprint density at radius 1 is 1.15 bits per heavy atom. The van der Waals surface area contributed by atoms with E-state index in [1.165, 1.54) is 0 Å². The normalized spacial score (nSPS) is 10.8. The molecule has 0 unspecified atom stereocenters. The number of benzene rings is 2. The molecule has 0 atom stereocenters. The number of amides is 1. The van der Waals surface area contributed by atoms with Crippen LogP contribution in [0, 0.1) is 0 Å². The summed E-state index contributed by atoms with van der Waals surface area (Å²) in [6, 6.07) is 14.9. The van der Waals surface area contributed by atoms with Gasteiger partial charge in [-0.15, -0.1) is 5.10 Å². The van der Waals surface area contributed by atoms with E-state index < -0.39 is 0 Å². The Balaban J connectivity index is 1.47. The van der Waals surface area contributed by atoms with E-state index in [0.29, 0.717) is 17.2 Å². The number of nitrogens with one attached hydrogen (secondary N) is 1. The molecule has 0 aliphatic rings. The van der Waals surface area contributed by atoms with Gasteiger partial charge < -0.3 is 13.6 Å². The van der Waals surface area contributed by atoms with Crippen LogP contribution in [-0.4, -0.2) is 23.2 Å². The lowest BCUT2D eigenvalue weighted by atomic mass is 10.1. The lowest BCUT2D eigenvalue weighted by Gasteiger charge is -2.00. The molecule has 0 bridgehead atoms. The van der Waals surface area contributed by atoms with Crippen LogP contribution in [0.15, 0.2) is 63.6 Å². The smallest absolute Gasteiger partial charge is 0.322 e. The zero-order valence-corrected chi connectivity index (χ0v) is 13.9. The highest BCUT2D eigenvalue weighted by Crippen LogP contribution is 2.26. The topological polar surface area (TPSA) is 90.4 Å². The van der Waals surface area contributed by atoms with Crippen LogP contribution in [0.25, 0.3) is 22.4 Å². The van der Waals surface area contributed by atoms with Crippen LogP contribution in [0.3, 0.4) is 0 Å². The summed E-state index contributed by atoms with van der Waals surface area (Å²) in [5.74, 6) is 0.774. The van der Waals surface area contributed by atoms with E-state index in [0.717, 1.165) is 16.5 Å². The Bertz CT molecular complexity index is 1050. The number of hydrogen-bond acceptors (Lipinski definition) is 6. The van der Waals surface area contributed by atoms with E-state index in [2.05, 4.69) is 15.5 Å². The van der Waals surface area contributed by atoms with Crippen LogP contribution in [-0.2, 0) is 11.2 Å². The Morgan fingerprint density at radius 2 is 2.00 bits per heavy atom. The van der Waals surface area contributed by atoms with Gasteiger partial charge in [0.2, 0.25) is 11.8 Å². The number of fused-ring (bicyclic) bond motifs is 1. The van der Waals surface area contributed by atoms with Gasteiger partial charge in [0.05, 0.1) is 19.8 Å². The molecule has 2 aromatic carbocycles. The van der Waals surface area contributed by atoms with Gasteiger partial charge in [-0.1, -0.05) is 23.3 Å². The number of anilines is 1. The number of ether oxygens (including phenoxy) is 1. The molecular formula is C19H15N3O4. The van der Waals surface area contributed by atoms with Gasteiger partial charge in [-0.25, -0.2) is 0 Å². The SMILES string of the molecule is COc1ccc2c(CC(=O)Nc3nnc(-c4ccccc4)o3)coc2c1. The van der Waals surface area contributed by atoms with Crippen molar-refractivity contribution in [2.45, 2.75) is 6.42 Å². The molecule has 4 rings (SSSR count). The Labute approximate surface area is 148 Å². The van der Waals surface area contributed by atoms with E-state index >= 15 is 0 Å². The van der Waals surface area contributed by atoms with E-state index in [1.807, 2.05) is 42.5 Å². The molecule has 0 saturated carbocycles. The molecular weight excluding hydrogens is 334 g/mol. The molecule has 1 amide bonds. The second-order valence-corrected chi connectivity index (χ2v) is 5.63. The fourth-order valence-electron chi connectivity index (χ4n) is 2.63. The molecule has 1 N–H and O–H groups in total. The number of carbonyl (C=O) groups excluding carboxylic acids is 1. The summed E-state index contributed by atoms with van der Waals surface area (Å²) >= 11 is 0. The molecule has 0 spiro atoms. The van der Waals surface area contributed by atoms with Crippen LogP contribution >= 0.6 is 0 Å². The second kappa shape index (κ2) is 6.72. The van der Waals surface area contributed by atoms with Crippen LogP contribution in [0.5, 0.6) is 5.75 Å². The van der Waals surface area contributed by atoms with E-state index in [1.54, 1.807) is 19.4 Å². The quantitative estimate of drug-likeness (QED) is 0.591. The summed E-state index contributed by atoms with van der Waals surface area (Å²) < 4.78 is 16.1. The average molecular weight is 349 g/mol. The van der Waals surface area contributed by atoms with Gasteiger partial charge in [0.15, 0.2) is 0 Å². The number of nitrogens with zero attached hydrogens (tertiary/aromatic N) is 2. The van der Waals surface area contributed by atoms with E-state index in [-0.39, 0.29) is 18.3 Å². The number of carbonyl (C=O) groups is 1. The predicted molar refractivity (Wildman–Crippen MR) is 94.8 cm³/mol. The molecule has 0 aliphatic carbocycles. The summed E-state index contributed by atoms with van der Waals surface area (Å²) in [4.78, 5) is 12.3. The summed E-state index contributed by atoms with van der Waals surface area (Å²) in [6.45, 7) is 0. The maximum atomic E-state index is 12.3. The van der Waals surface area contributed by atoms with Crippen molar-refractivity contribution in [2.24, 2.45) is 0 Å². The first-order valence-corrected chi connectivity index (χ1v) is 7.96. The molecule has 130 valence electrons. The van der Waals surface area contributed by atoms with Crippen LogP contribution in [0.2, 0.25) is 0 Å². The van der Waals surface area contributed by atoms with E-state index in [4.69, 9.17) is 13.6 Å². The summed E-state index contributed by atoms with van der Waals surface area (Å²) in [6.07, 6.45) is 1.69. The largest absolute Gasteiger partial charge is 0.497 e. The van der Waals surface area contributed by atoms with Crippen molar-refractivity contribution in [3.05, 3.63) is 60.4 Å². The lowest BCUT2D eigenvalue weighted by Crippen LogP contribution is -2.14. The van der Waals surface area contributed by atoms with Crippen molar-refractivity contribution in [3.8, 4) is 17.2 Å². The van der Waals surface area contributed by atoms with Crippen molar-refractivity contribution in [2.75, 3.05) is 12.4 Å². The number of methoxy groups -OCH3 is 1. The molecule has 7 nitrogen and oxygen atoms in total. The van der Waals surface area contributed by atoms with E-state index in [9.17, 15) is 4.79 Å². The Kier molecular flexibility index (Phi) is 4.10. The van der Waals surface area contributed by atoms with Crippen molar-refractivity contribution in [1.29, 1.82) is 0 Å². The molecule has 4 aromatic rings. The standard InChI is InChI=1S/C19H15N3O4/c1-24-14-7-8-15-13(11-25-16(15)10-14)9-17(23)20-19-22-21-18(26-19)12-5-3-2-4-6-12/h2-8,10-11H,9H2,1H3,(H,20,22,23). The summed E-state index contributed by atoms with van der Waals surface area (Å²) in [7, 11) is 1.59.